The first-order valence-electron chi connectivity index (χ1n) is 5.39. The van der Waals surface area contributed by atoms with Gasteiger partial charge in [0, 0.05) is 26.3 Å². The Bertz CT molecular complexity index is 669. The summed E-state index contributed by atoms with van der Waals surface area (Å²) in [5, 5.41) is 2.37. The van der Waals surface area contributed by atoms with Crippen molar-refractivity contribution in [2.75, 3.05) is 11.1 Å². The number of anilines is 2. The molecule has 0 spiro atoms. The van der Waals surface area contributed by atoms with E-state index in [1.165, 1.54) is 12.1 Å². The van der Waals surface area contributed by atoms with Gasteiger partial charge < -0.3 is 11.1 Å². The largest absolute Gasteiger partial charge is 0.398 e. The van der Waals surface area contributed by atoms with Crippen molar-refractivity contribution in [3.63, 3.8) is 0 Å². The number of carbonyl (C=O) groups excluding carboxylic acids is 1. The molecule has 0 aromatic heterocycles. The standard InChI is InChI=1S/C13H8Br2F2N2O/c14-8-2-1-6(3-11(8)18)13(20)19-12-9(15)4-7(16)5-10(12)17/h1-5H,18H2,(H,19,20). The van der Waals surface area contributed by atoms with E-state index < -0.39 is 17.5 Å². The van der Waals surface area contributed by atoms with Gasteiger partial charge in [-0.15, -0.1) is 0 Å². The van der Waals surface area contributed by atoms with Crippen LogP contribution in [0.2, 0.25) is 0 Å². The maximum Gasteiger partial charge on any atom is 0.255 e. The van der Waals surface area contributed by atoms with E-state index in [9.17, 15) is 13.6 Å². The molecule has 20 heavy (non-hydrogen) atoms. The van der Waals surface area contributed by atoms with Crippen molar-refractivity contribution in [3.8, 4) is 0 Å². The number of nitrogen functional groups attached to an aromatic ring is 1. The van der Waals surface area contributed by atoms with Gasteiger partial charge in [-0.3, -0.25) is 4.79 Å². The van der Waals surface area contributed by atoms with Gasteiger partial charge in [-0.2, -0.15) is 0 Å². The lowest BCUT2D eigenvalue weighted by Gasteiger charge is -2.09. The molecule has 7 heteroatoms. The lowest BCUT2D eigenvalue weighted by Crippen LogP contribution is -2.14. The molecule has 0 heterocycles. The van der Waals surface area contributed by atoms with E-state index in [0.717, 1.165) is 6.07 Å². The molecule has 0 atom stereocenters. The first-order valence-corrected chi connectivity index (χ1v) is 6.98. The molecule has 0 aliphatic heterocycles. The van der Waals surface area contributed by atoms with Crippen LogP contribution in [0.5, 0.6) is 0 Å². The van der Waals surface area contributed by atoms with Gasteiger partial charge in [-0.25, -0.2) is 8.78 Å². The number of nitrogens with one attached hydrogen (secondary N) is 1. The summed E-state index contributed by atoms with van der Waals surface area (Å²) in [6, 6.07) is 6.35. The Balaban J connectivity index is 2.30. The second-order valence-corrected chi connectivity index (χ2v) is 5.64. The molecule has 104 valence electrons. The topological polar surface area (TPSA) is 55.1 Å². The van der Waals surface area contributed by atoms with Crippen LogP contribution in [0, 0.1) is 11.6 Å². The van der Waals surface area contributed by atoms with E-state index in [0.29, 0.717) is 16.2 Å². The lowest BCUT2D eigenvalue weighted by molar-refractivity contribution is 0.102. The van der Waals surface area contributed by atoms with E-state index in [1.807, 2.05) is 0 Å². The van der Waals surface area contributed by atoms with E-state index >= 15 is 0 Å². The summed E-state index contributed by atoms with van der Waals surface area (Å²) < 4.78 is 27.4. The smallest absolute Gasteiger partial charge is 0.255 e. The zero-order valence-electron chi connectivity index (χ0n) is 9.88. The van der Waals surface area contributed by atoms with Gasteiger partial charge in [0.1, 0.15) is 5.82 Å². The van der Waals surface area contributed by atoms with Crippen LogP contribution in [0.3, 0.4) is 0 Å². The molecule has 1 amide bonds. The van der Waals surface area contributed by atoms with Gasteiger partial charge in [0.15, 0.2) is 5.82 Å². The Labute approximate surface area is 130 Å². The number of hydrogen-bond acceptors (Lipinski definition) is 2. The maximum atomic E-state index is 13.6. The van der Waals surface area contributed by atoms with Crippen molar-refractivity contribution in [1.29, 1.82) is 0 Å². The van der Waals surface area contributed by atoms with Gasteiger partial charge in [-0.05, 0) is 56.1 Å². The van der Waals surface area contributed by atoms with Crippen molar-refractivity contribution in [2.24, 2.45) is 0 Å². The Morgan fingerprint density at radius 2 is 1.80 bits per heavy atom. The molecular formula is C13H8Br2F2N2O. The van der Waals surface area contributed by atoms with Gasteiger partial charge in [0.2, 0.25) is 0 Å². The predicted octanol–water partition coefficient (Wildman–Crippen LogP) is 4.32. The molecule has 3 nitrogen and oxygen atoms in total. The molecule has 0 aliphatic carbocycles. The molecular weight excluding hydrogens is 398 g/mol. The molecule has 2 aromatic carbocycles. The third kappa shape index (κ3) is 3.16. The summed E-state index contributed by atoms with van der Waals surface area (Å²) in [5.74, 6) is -2.15. The molecule has 0 aliphatic rings. The third-order valence-corrected chi connectivity index (χ3v) is 3.85. The number of benzene rings is 2. The minimum atomic E-state index is -0.865. The van der Waals surface area contributed by atoms with Gasteiger partial charge in [-0.1, -0.05) is 0 Å². The van der Waals surface area contributed by atoms with Crippen LogP contribution in [-0.4, -0.2) is 5.91 Å². The molecule has 2 aromatic rings. The monoisotopic (exact) mass is 404 g/mol. The first kappa shape index (κ1) is 14.9. The summed E-state index contributed by atoms with van der Waals surface area (Å²) >= 11 is 6.21. The Kier molecular flexibility index (Phi) is 4.39. The fourth-order valence-electron chi connectivity index (χ4n) is 1.53. The van der Waals surface area contributed by atoms with Crippen molar-refractivity contribution < 1.29 is 13.6 Å². The highest BCUT2D eigenvalue weighted by Gasteiger charge is 2.14. The number of nitrogens with two attached hydrogens (primary N) is 1. The van der Waals surface area contributed by atoms with Gasteiger partial charge >= 0.3 is 0 Å². The number of rotatable bonds is 2. The fourth-order valence-corrected chi connectivity index (χ4v) is 2.29. The highest BCUT2D eigenvalue weighted by atomic mass is 79.9. The molecule has 0 saturated carbocycles. The van der Waals surface area contributed by atoms with Crippen LogP contribution in [0.15, 0.2) is 39.3 Å². The first-order chi connectivity index (χ1) is 9.38. The van der Waals surface area contributed by atoms with Crippen LogP contribution in [0.25, 0.3) is 0 Å². The van der Waals surface area contributed by atoms with Crippen molar-refractivity contribution in [3.05, 3.63) is 56.5 Å². The van der Waals surface area contributed by atoms with Gasteiger partial charge in [0.05, 0.1) is 5.69 Å². The zero-order valence-corrected chi connectivity index (χ0v) is 13.1. The molecule has 0 unspecified atom stereocenters. The average molecular weight is 406 g/mol. The summed E-state index contributed by atoms with van der Waals surface area (Å²) in [6.07, 6.45) is 0. The Hall–Kier alpha value is -1.47. The van der Waals surface area contributed by atoms with Crippen molar-refractivity contribution in [1.82, 2.24) is 0 Å². The number of carbonyl (C=O) groups is 1. The normalized spacial score (nSPS) is 10.4. The van der Waals surface area contributed by atoms with E-state index in [1.54, 1.807) is 6.07 Å². The number of halogens is 4. The SMILES string of the molecule is Nc1cc(C(=O)Nc2c(F)cc(F)cc2Br)ccc1Br. The summed E-state index contributed by atoms with van der Waals surface area (Å²) in [7, 11) is 0. The van der Waals surface area contributed by atoms with Crippen molar-refractivity contribution in [2.45, 2.75) is 0 Å². The van der Waals surface area contributed by atoms with Crippen LogP contribution in [0.1, 0.15) is 10.4 Å². The lowest BCUT2D eigenvalue weighted by atomic mass is 10.2. The quantitative estimate of drug-likeness (QED) is 0.731. The summed E-state index contributed by atoms with van der Waals surface area (Å²) in [6.45, 7) is 0. The van der Waals surface area contributed by atoms with Crippen LogP contribution in [0.4, 0.5) is 20.2 Å². The van der Waals surface area contributed by atoms with Crippen molar-refractivity contribution >= 4 is 49.1 Å². The average Bonchev–Trinajstić information content (AvgIpc) is 2.36. The molecule has 3 N–H and O–H groups in total. The molecule has 0 bridgehead atoms. The Morgan fingerprint density at radius 1 is 1.10 bits per heavy atom. The third-order valence-electron chi connectivity index (χ3n) is 2.50. The zero-order chi connectivity index (χ0) is 14.9. The number of amides is 1. The fraction of sp³-hybridized carbons (Fsp3) is 0. The maximum absolute atomic E-state index is 13.6. The molecule has 2 rings (SSSR count). The second kappa shape index (κ2) is 5.88. The van der Waals surface area contributed by atoms with Crippen LogP contribution in [-0.2, 0) is 0 Å². The van der Waals surface area contributed by atoms with Gasteiger partial charge in [0.25, 0.3) is 5.91 Å². The molecule has 0 radical (unpaired) electrons. The van der Waals surface area contributed by atoms with E-state index in [-0.39, 0.29) is 15.7 Å². The molecule has 0 fully saturated rings. The van der Waals surface area contributed by atoms with Crippen LogP contribution >= 0.6 is 31.9 Å². The van der Waals surface area contributed by atoms with Crippen LogP contribution < -0.4 is 11.1 Å². The number of hydrogen-bond donors (Lipinski definition) is 2. The second-order valence-electron chi connectivity index (χ2n) is 3.93. The highest BCUT2D eigenvalue weighted by Crippen LogP contribution is 2.28. The van der Waals surface area contributed by atoms with E-state index in [4.69, 9.17) is 5.73 Å². The Morgan fingerprint density at radius 3 is 2.40 bits per heavy atom. The van der Waals surface area contributed by atoms with E-state index in [2.05, 4.69) is 37.2 Å². The summed E-state index contributed by atoms with van der Waals surface area (Å²) in [4.78, 5) is 12.0. The minimum Gasteiger partial charge on any atom is -0.398 e. The minimum absolute atomic E-state index is 0.119. The summed E-state index contributed by atoms with van der Waals surface area (Å²) in [5.41, 5.74) is 6.20. The molecule has 0 saturated heterocycles. The highest BCUT2D eigenvalue weighted by molar-refractivity contribution is 9.11. The predicted molar refractivity (Wildman–Crippen MR) is 80.6 cm³/mol.